The Bertz CT molecular complexity index is 663. The molecule has 0 spiro atoms. The summed E-state index contributed by atoms with van der Waals surface area (Å²) in [6.45, 7) is 4.39. The summed E-state index contributed by atoms with van der Waals surface area (Å²) in [5.41, 5.74) is 1.04. The third-order valence-corrected chi connectivity index (χ3v) is 4.78. The molecular weight excluding hydrogens is 336 g/mol. The van der Waals surface area contributed by atoms with Crippen LogP contribution in [0.15, 0.2) is 18.2 Å². The van der Waals surface area contributed by atoms with E-state index in [9.17, 15) is 9.59 Å². The zero-order valence-electron chi connectivity index (χ0n) is 15.1. The third-order valence-electron chi connectivity index (χ3n) is 4.78. The van der Waals surface area contributed by atoms with Crippen molar-refractivity contribution in [2.75, 3.05) is 39.4 Å². The van der Waals surface area contributed by atoms with Gasteiger partial charge in [-0.3, -0.25) is 14.5 Å². The lowest BCUT2D eigenvalue weighted by Gasteiger charge is -2.29. The van der Waals surface area contributed by atoms with Gasteiger partial charge in [0.15, 0.2) is 11.5 Å². The van der Waals surface area contributed by atoms with Gasteiger partial charge in [0.2, 0.25) is 5.91 Å². The molecule has 2 aliphatic rings. The summed E-state index contributed by atoms with van der Waals surface area (Å²) in [4.78, 5) is 27.4. The fraction of sp³-hybridized carbons (Fsp3) is 0.579. The molecule has 3 rings (SSSR count). The lowest BCUT2D eigenvalue weighted by Crippen LogP contribution is -2.42. The van der Waals surface area contributed by atoms with Gasteiger partial charge in [0.05, 0.1) is 19.1 Å². The van der Waals surface area contributed by atoms with E-state index in [1.165, 1.54) is 0 Å². The first-order chi connectivity index (χ1) is 12.6. The number of carbonyl (C=O) groups excluding carboxylic acids is 1. The number of ether oxygens (including phenoxy) is 2. The maximum atomic E-state index is 12.8. The molecule has 0 bridgehead atoms. The Labute approximate surface area is 153 Å². The Balaban J connectivity index is 1.71. The molecule has 26 heavy (non-hydrogen) atoms. The molecule has 2 heterocycles. The molecule has 2 aliphatic heterocycles. The number of likely N-dealkylation sites (tertiary alicyclic amines) is 1. The molecule has 7 heteroatoms. The van der Waals surface area contributed by atoms with Gasteiger partial charge < -0.3 is 19.5 Å². The fourth-order valence-electron chi connectivity index (χ4n) is 3.68. The topological polar surface area (TPSA) is 79.3 Å². The number of fused-ring (bicyclic) bond motifs is 1. The number of nitrogens with zero attached hydrogens (tertiary/aromatic N) is 2. The number of benzene rings is 1. The van der Waals surface area contributed by atoms with Crippen LogP contribution in [0.4, 0.5) is 0 Å². The number of rotatable bonds is 7. The summed E-state index contributed by atoms with van der Waals surface area (Å²) in [7, 11) is 0. The quantitative estimate of drug-likeness (QED) is 0.798. The Morgan fingerprint density at radius 1 is 1.23 bits per heavy atom. The molecule has 1 fully saturated rings. The summed E-state index contributed by atoms with van der Waals surface area (Å²) in [6, 6.07) is 5.86. The van der Waals surface area contributed by atoms with Crippen LogP contribution in [-0.4, -0.2) is 66.2 Å². The minimum atomic E-state index is -0.906. The van der Waals surface area contributed by atoms with E-state index in [2.05, 4.69) is 0 Å². The zero-order chi connectivity index (χ0) is 18.5. The van der Waals surface area contributed by atoms with Crippen LogP contribution in [-0.2, 0) is 9.59 Å². The Kier molecular flexibility index (Phi) is 5.98. The van der Waals surface area contributed by atoms with E-state index in [1.807, 2.05) is 30.0 Å². The van der Waals surface area contributed by atoms with E-state index < -0.39 is 5.97 Å². The first-order valence-corrected chi connectivity index (χ1v) is 9.21. The molecule has 1 N–H and O–H groups in total. The van der Waals surface area contributed by atoms with Gasteiger partial charge in [-0.2, -0.15) is 0 Å². The van der Waals surface area contributed by atoms with Crippen molar-refractivity contribution in [2.24, 2.45) is 0 Å². The van der Waals surface area contributed by atoms with Gasteiger partial charge in [0, 0.05) is 6.54 Å². The molecule has 0 aliphatic carbocycles. The molecule has 142 valence electrons. The van der Waals surface area contributed by atoms with Crippen LogP contribution in [0.2, 0.25) is 0 Å². The second-order valence-electron chi connectivity index (χ2n) is 6.75. The molecule has 0 radical (unpaired) electrons. The highest BCUT2D eigenvalue weighted by Gasteiger charge is 2.31. The number of carboxylic acids is 1. The van der Waals surface area contributed by atoms with Crippen LogP contribution in [0.3, 0.4) is 0 Å². The largest absolute Gasteiger partial charge is 0.486 e. The van der Waals surface area contributed by atoms with E-state index in [4.69, 9.17) is 14.6 Å². The minimum absolute atomic E-state index is 0.00614. The predicted molar refractivity (Wildman–Crippen MR) is 95.5 cm³/mol. The Morgan fingerprint density at radius 3 is 2.73 bits per heavy atom. The van der Waals surface area contributed by atoms with Gasteiger partial charge in [0.25, 0.3) is 0 Å². The molecule has 1 atom stereocenters. The first kappa shape index (κ1) is 18.5. The SMILES string of the molecule is CCCN(CC(=O)O)CC(=O)N1CCCC1c1ccc2c(c1)OCCO2. The second-order valence-corrected chi connectivity index (χ2v) is 6.75. The summed E-state index contributed by atoms with van der Waals surface area (Å²) >= 11 is 0. The van der Waals surface area contributed by atoms with Crippen molar-refractivity contribution in [3.05, 3.63) is 23.8 Å². The highest BCUT2D eigenvalue weighted by molar-refractivity contribution is 5.80. The van der Waals surface area contributed by atoms with E-state index in [1.54, 1.807) is 4.90 Å². The van der Waals surface area contributed by atoms with Crippen molar-refractivity contribution in [2.45, 2.75) is 32.2 Å². The number of amides is 1. The summed E-state index contributed by atoms with van der Waals surface area (Å²) in [6.07, 6.45) is 2.65. The first-order valence-electron chi connectivity index (χ1n) is 9.21. The van der Waals surface area contributed by atoms with Gasteiger partial charge in [0.1, 0.15) is 13.2 Å². The minimum Gasteiger partial charge on any atom is -0.486 e. The number of hydrogen-bond donors (Lipinski definition) is 1. The van der Waals surface area contributed by atoms with Crippen molar-refractivity contribution >= 4 is 11.9 Å². The van der Waals surface area contributed by atoms with E-state index in [0.717, 1.165) is 36.3 Å². The maximum Gasteiger partial charge on any atom is 0.317 e. The Hall–Kier alpha value is -2.28. The van der Waals surface area contributed by atoms with E-state index in [-0.39, 0.29) is 25.0 Å². The van der Waals surface area contributed by atoms with Crippen LogP contribution in [0.5, 0.6) is 11.5 Å². The predicted octanol–water partition coefficient (Wildman–Crippen LogP) is 1.92. The number of carboxylic acid groups (broad SMARTS) is 1. The Morgan fingerprint density at radius 2 is 2.00 bits per heavy atom. The molecule has 1 saturated heterocycles. The summed E-state index contributed by atoms with van der Waals surface area (Å²) < 4.78 is 11.2. The average Bonchev–Trinajstić information content (AvgIpc) is 3.11. The lowest BCUT2D eigenvalue weighted by atomic mass is 10.0. The third kappa shape index (κ3) is 4.27. The van der Waals surface area contributed by atoms with E-state index >= 15 is 0 Å². The monoisotopic (exact) mass is 362 g/mol. The molecule has 1 aromatic rings. The van der Waals surface area contributed by atoms with Gasteiger partial charge in [-0.25, -0.2) is 0 Å². The van der Waals surface area contributed by atoms with Crippen molar-refractivity contribution in [1.82, 2.24) is 9.80 Å². The zero-order valence-corrected chi connectivity index (χ0v) is 15.1. The van der Waals surface area contributed by atoms with Crippen LogP contribution < -0.4 is 9.47 Å². The molecule has 1 aromatic carbocycles. The molecule has 0 saturated carbocycles. The van der Waals surface area contributed by atoms with Crippen molar-refractivity contribution in [1.29, 1.82) is 0 Å². The van der Waals surface area contributed by atoms with Gasteiger partial charge in [-0.1, -0.05) is 13.0 Å². The highest BCUT2D eigenvalue weighted by Crippen LogP contribution is 2.38. The van der Waals surface area contributed by atoms with Gasteiger partial charge in [-0.15, -0.1) is 0 Å². The van der Waals surface area contributed by atoms with Gasteiger partial charge in [-0.05, 0) is 43.5 Å². The standard InChI is InChI=1S/C19H26N2O5/c1-2-7-20(13-19(23)24)12-18(22)21-8-3-4-15(21)14-5-6-16-17(11-14)26-10-9-25-16/h5-6,11,15H,2-4,7-10,12-13H2,1H3,(H,23,24). The molecule has 1 unspecified atom stereocenters. The number of aliphatic carboxylic acids is 1. The van der Waals surface area contributed by atoms with Gasteiger partial charge >= 0.3 is 5.97 Å². The highest BCUT2D eigenvalue weighted by atomic mass is 16.6. The normalized spacial score (nSPS) is 19.0. The molecule has 7 nitrogen and oxygen atoms in total. The van der Waals surface area contributed by atoms with Crippen molar-refractivity contribution in [3.63, 3.8) is 0 Å². The van der Waals surface area contributed by atoms with Crippen molar-refractivity contribution in [3.8, 4) is 11.5 Å². The smallest absolute Gasteiger partial charge is 0.317 e. The van der Waals surface area contributed by atoms with Crippen LogP contribution in [0.1, 0.15) is 37.8 Å². The summed E-state index contributed by atoms with van der Waals surface area (Å²) in [5.74, 6) is 0.547. The average molecular weight is 362 g/mol. The number of hydrogen-bond acceptors (Lipinski definition) is 5. The van der Waals surface area contributed by atoms with Crippen LogP contribution in [0, 0.1) is 0 Å². The lowest BCUT2D eigenvalue weighted by molar-refractivity contribution is -0.140. The van der Waals surface area contributed by atoms with Crippen LogP contribution >= 0.6 is 0 Å². The molecular formula is C19H26N2O5. The molecule has 1 amide bonds. The summed E-state index contributed by atoms with van der Waals surface area (Å²) in [5, 5.41) is 9.04. The van der Waals surface area contributed by atoms with E-state index in [0.29, 0.717) is 26.3 Å². The molecule has 0 aromatic heterocycles. The number of carbonyl (C=O) groups is 2. The second kappa shape index (κ2) is 8.40. The fourth-order valence-corrected chi connectivity index (χ4v) is 3.68. The van der Waals surface area contributed by atoms with Crippen molar-refractivity contribution < 1.29 is 24.2 Å². The maximum absolute atomic E-state index is 12.8. The van der Waals surface area contributed by atoms with Crippen LogP contribution in [0.25, 0.3) is 0 Å².